The van der Waals surface area contributed by atoms with Crippen LogP contribution in [0.1, 0.15) is 83.1 Å². The van der Waals surface area contributed by atoms with Crippen LogP contribution in [0.25, 0.3) is 0 Å². The summed E-state index contributed by atoms with van der Waals surface area (Å²) in [5.41, 5.74) is 1.49. The van der Waals surface area contributed by atoms with Crippen molar-refractivity contribution in [1.29, 1.82) is 0 Å². The molecule has 0 aromatic heterocycles. The Morgan fingerprint density at radius 1 is 0.857 bits per heavy atom. The molecule has 2 unspecified atom stereocenters. The van der Waals surface area contributed by atoms with Crippen molar-refractivity contribution in [3.8, 4) is 0 Å². The zero-order valence-corrected chi connectivity index (χ0v) is 14.4. The third-order valence-corrected chi connectivity index (χ3v) is 4.64. The van der Waals surface area contributed by atoms with Crippen molar-refractivity contribution < 1.29 is 0 Å². The highest BCUT2D eigenvalue weighted by molar-refractivity contribution is 5.21. The molecule has 0 fully saturated rings. The van der Waals surface area contributed by atoms with Gasteiger partial charge in [0.25, 0.3) is 0 Å². The molecular weight excluding hydrogens is 254 g/mol. The first-order chi connectivity index (χ1) is 10.3. The molecule has 120 valence electrons. The molecule has 0 saturated carbocycles. The zero-order chi connectivity index (χ0) is 15.3. The Morgan fingerprint density at radius 3 is 2.05 bits per heavy atom. The van der Waals surface area contributed by atoms with Crippen molar-refractivity contribution in [2.75, 3.05) is 7.05 Å². The average Bonchev–Trinajstić information content (AvgIpc) is 2.54. The number of hydrogen-bond donors (Lipinski definition) is 1. The number of likely N-dealkylation sites (N-methyl/N-ethyl adjacent to an activating group) is 1. The van der Waals surface area contributed by atoms with E-state index in [1.165, 1.54) is 63.4 Å². The van der Waals surface area contributed by atoms with E-state index in [2.05, 4.69) is 56.5 Å². The first kappa shape index (κ1) is 18.2. The van der Waals surface area contributed by atoms with Gasteiger partial charge in [-0.25, -0.2) is 0 Å². The summed E-state index contributed by atoms with van der Waals surface area (Å²) in [4.78, 5) is 0. The molecule has 1 aromatic rings. The van der Waals surface area contributed by atoms with Crippen LogP contribution in [-0.2, 0) is 0 Å². The maximum absolute atomic E-state index is 3.56. The highest BCUT2D eigenvalue weighted by atomic mass is 14.9. The lowest BCUT2D eigenvalue weighted by molar-refractivity contribution is 0.406. The Balaban J connectivity index is 2.32. The Labute approximate surface area is 132 Å². The van der Waals surface area contributed by atoms with Crippen LogP contribution < -0.4 is 5.32 Å². The van der Waals surface area contributed by atoms with Gasteiger partial charge in [0.2, 0.25) is 0 Å². The summed E-state index contributed by atoms with van der Waals surface area (Å²) in [5, 5.41) is 3.56. The van der Waals surface area contributed by atoms with Crippen molar-refractivity contribution in [3.63, 3.8) is 0 Å². The third-order valence-electron chi connectivity index (χ3n) is 4.64. The quantitative estimate of drug-likeness (QED) is 0.472. The molecule has 0 saturated heterocycles. The summed E-state index contributed by atoms with van der Waals surface area (Å²) in [6.45, 7) is 4.60. The number of nitrogens with one attached hydrogen (secondary N) is 1. The van der Waals surface area contributed by atoms with Crippen LogP contribution in [0.5, 0.6) is 0 Å². The Kier molecular flexibility index (Phi) is 10.2. The van der Waals surface area contributed by atoms with Crippen LogP contribution in [0, 0.1) is 0 Å². The predicted molar refractivity (Wildman–Crippen MR) is 94.9 cm³/mol. The molecule has 0 amide bonds. The van der Waals surface area contributed by atoms with Gasteiger partial charge in [0.05, 0.1) is 0 Å². The number of benzene rings is 1. The first-order valence-corrected chi connectivity index (χ1v) is 9.05. The maximum atomic E-state index is 3.56. The lowest BCUT2D eigenvalue weighted by atomic mass is 9.86. The molecule has 0 aliphatic rings. The maximum Gasteiger partial charge on any atom is 0.0133 e. The molecule has 0 radical (unpaired) electrons. The molecule has 1 nitrogen and oxygen atoms in total. The van der Waals surface area contributed by atoms with Crippen LogP contribution in [-0.4, -0.2) is 13.1 Å². The van der Waals surface area contributed by atoms with Gasteiger partial charge in [-0.3, -0.25) is 0 Å². The lowest BCUT2D eigenvalue weighted by Gasteiger charge is -2.26. The monoisotopic (exact) mass is 289 g/mol. The van der Waals surface area contributed by atoms with E-state index in [0.29, 0.717) is 12.0 Å². The number of rotatable bonds is 12. The molecule has 1 N–H and O–H groups in total. The van der Waals surface area contributed by atoms with Gasteiger partial charge in [0.15, 0.2) is 0 Å². The largest absolute Gasteiger partial charge is 0.316 e. The van der Waals surface area contributed by atoms with Crippen molar-refractivity contribution in [1.82, 2.24) is 5.32 Å². The molecular formula is C20H35N. The van der Waals surface area contributed by atoms with E-state index in [0.717, 1.165) is 0 Å². The molecule has 1 rings (SSSR count). The molecule has 0 bridgehead atoms. The molecule has 2 atom stereocenters. The zero-order valence-electron chi connectivity index (χ0n) is 14.4. The third kappa shape index (κ3) is 7.13. The van der Waals surface area contributed by atoms with Crippen molar-refractivity contribution in [2.24, 2.45) is 0 Å². The average molecular weight is 290 g/mol. The Morgan fingerprint density at radius 2 is 1.48 bits per heavy atom. The second kappa shape index (κ2) is 11.8. The van der Waals surface area contributed by atoms with Crippen LogP contribution in [0.2, 0.25) is 0 Å². The van der Waals surface area contributed by atoms with Gasteiger partial charge in [0.1, 0.15) is 0 Å². The summed E-state index contributed by atoms with van der Waals surface area (Å²) in [5.74, 6) is 0.649. The van der Waals surface area contributed by atoms with E-state index < -0.39 is 0 Å². The summed E-state index contributed by atoms with van der Waals surface area (Å²) >= 11 is 0. The Hall–Kier alpha value is -0.820. The second-order valence-corrected chi connectivity index (χ2v) is 6.23. The molecule has 0 aliphatic carbocycles. The fourth-order valence-corrected chi connectivity index (χ4v) is 3.32. The van der Waals surface area contributed by atoms with E-state index in [1.54, 1.807) is 0 Å². The van der Waals surface area contributed by atoms with Gasteiger partial charge in [-0.15, -0.1) is 0 Å². The standard InChI is InChI=1S/C20H35N/c1-4-6-7-8-9-10-14-17-20(21-3)19(5-2)18-15-12-11-13-16-18/h11-13,15-16,19-21H,4-10,14,17H2,1-3H3. The predicted octanol–water partition coefficient (Wildman–Crippen LogP) is 5.91. The van der Waals surface area contributed by atoms with Crippen molar-refractivity contribution in [3.05, 3.63) is 35.9 Å². The van der Waals surface area contributed by atoms with Crippen LogP contribution in [0.4, 0.5) is 0 Å². The van der Waals surface area contributed by atoms with Crippen LogP contribution >= 0.6 is 0 Å². The van der Waals surface area contributed by atoms with Gasteiger partial charge in [0, 0.05) is 6.04 Å². The SMILES string of the molecule is CCCCCCCCCC(NC)C(CC)c1ccccc1. The molecule has 1 heteroatoms. The summed E-state index contributed by atoms with van der Waals surface area (Å²) in [7, 11) is 2.12. The van der Waals surface area contributed by atoms with E-state index in [1.807, 2.05) is 0 Å². The van der Waals surface area contributed by atoms with Gasteiger partial charge < -0.3 is 5.32 Å². The van der Waals surface area contributed by atoms with Gasteiger partial charge >= 0.3 is 0 Å². The van der Waals surface area contributed by atoms with Crippen molar-refractivity contribution in [2.45, 2.75) is 83.6 Å². The minimum atomic E-state index is 0.619. The minimum absolute atomic E-state index is 0.619. The van der Waals surface area contributed by atoms with Gasteiger partial charge in [-0.05, 0) is 31.4 Å². The highest BCUT2D eigenvalue weighted by Crippen LogP contribution is 2.26. The van der Waals surface area contributed by atoms with E-state index in [-0.39, 0.29) is 0 Å². The second-order valence-electron chi connectivity index (χ2n) is 6.23. The van der Waals surface area contributed by atoms with Gasteiger partial charge in [-0.1, -0.05) is 89.1 Å². The molecule has 21 heavy (non-hydrogen) atoms. The highest BCUT2D eigenvalue weighted by Gasteiger charge is 2.19. The van der Waals surface area contributed by atoms with E-state index >= 15 is 0 Å². The lowest BCUT2D eigenvalue weighted by Crippen LogP contribution is -2.31. The molecule has 1 aromatic carbocycles. The first-order valence-electron chi connectivity index (χ1n) is 9.05. The normalized spacial score (nSPS) is 14.0. The summed E-state index contributed by atoms with van der Waals surface area (Å²) in [6.07, 6.45) is 12.3. The summed E-state index contributed by atoms with van der Waals surface area (Å²) in [6, 6.07) is 11.6. The summed E-state index contributed by atoms with van der Waals surface area (Å²) < 4.78 is 0. The number of hydrogen-bond acceptors (Lipinski definition) is 1. The number of unbranched alkanes of at least 4 members (excludes halogenated alkanes) is 6. The van der Waals surface area contributed by atoms with Crippen LogP contribution in [0.3, 0.4) is 0 Å². The molecule has 0 spiro atoms. The fraction of sp³-hybridized carbons (Fsp3) is 0.700. The topological polar surface area (TPSA) is 12.0 Å². The molecule has 0 aliphatic heterocycles. The van der Waals surface area contributed by atoms with E-state index in [9.17, 15) is 0 Å². The van der Waals surface area contributed by atoms with Gasteiger partial charge in [-0.2, -0.15) is 0 Å². The van der Waals surface area contributed by atoms with Crippen LogP contribution in [0.15, 0.2) is 30.3 Å². The van der Waals surface area contributed by atoms with E-state index in [4.69, 9.17) is 0 Å². The minimum Gasteiger partial charge on any atom is -0.316 e. The fourth-order valence-electron chi connectivity index (χ4n) is 3.32. The Bertz CT molecular complexity index is 333. The molecule has 0 heterocycles. The van der Waals surface area contributed by atoms with Crippen molar-refractivity contribution >= 4 is 0 Å². The smallest absolute Gasteiger partial charge is 0.0133 e.